The van der Waals surface area contributed by atoms with Crippen LogP contribution in [0.5, 0.6) is 0 Å². The van der Waals surface area contributed by atoms with Crippen molar-refractivity contribution in [3.05, 3.63) is 71.6 Å². The number of para-hydroxylation sites is 1. The van der Waals surface area contributed by atoms with E-state index in [4.69, 9.17) is 0 Å². The number of carbonyl (C=O) groups excluding carboxylic acids is 2. The predicted octanol–water partition coefficient (Wildman–Crippen LogP) is 3.71. The molecule has 0 bridgehead atoms. The number of nitrogens with zero attached hydrogens (tertiary/aromatic N) is 1. The van der Waals surface area contributed by atoms with E-state index in [1.165, 1.54) is 23.8 Å². The van der Waals surface area contributed by atoms with Crippen molar-refractivity contribution in [3.8, 4) is 0 Å². The zero-order valence-corrected chi connectivity index (χ0v) is 15.4. The first-order chi connectivity index (χ1) is 13.0. The van der Waals surface area contributed by atoms with Gasteiger partial charge in [0.1, 0.15) is 5.82 Å². The molecular weight excluding hydrogens is 343 g/mol. The Bertz CT molecular complexity index is 859. The van der Waals surface area contributed by atoms with Gasteiger partial charge in [0.25, 0.3) is 0 Å². The van der Waals surface area contributed by atoms with Crippen molar-refractivity contribution in [1.82, 2.24) is 5.32 Å². The first kappa shape index (κ1) is 18.8. The molecule has 4 nitrogen and oxygen atoms in total. The molecule has 5 heteroatoms. The third kappa shape index (κ3) is 4.82. The average molecular weight is 366 g/mol. The summed E-state index contributed by atoms with van der Waals surface area (Å²) in [5, 5.41) is 2.75. The number of hydrogen-bond donors (Lipinski definition) is 1. The third-order valence-corrected chi connectivity index (χ3v) is 4.70. The number of nitrogens with one attached hydrogen (secondary N) is 1. The van der Waals surface area contributed by atoms with Crippen molar-refractivity contribution in [3.63, 3.8) is 0 Å². The molecule has 1 heterocycles. The highest BCUT2D eigenvalue weighted by atomic mass is 19.1. The number of aryl methyl sites for hydroxylation is 1. The molecule has 0 fully saturated rings. The lowest BCUT2D eigenvalue weighted by Crippen LogP contribution is -2.37. The van der Waals surface area contributed by atoms with Crippen LogP contribution in [0.25, 0.3) is 5.57 Å². The molecule has 0 unspecified atom stereocenters. The summed E-state index contributed by atoms with van der Waals surface area (Å²) < 4.78 is 13.0. The Kier molecular flexibility index (Phi) is 6.01. The van der Waals surface area contributed by atoms with E-state index in [1.807, 2.05) is 23.1 Å². The van der Waals surface area contributed by atoms with Gasteiger partial charge in [-0.1, -0.05) is 30.3 Å². The molecule has 0 atom stereocenters. The Labute approximate surface area is 158 Å². The van der Waals surface area contributed by atoms with Crippen LogP contribution in [-0.4, -0.2) is 24.9 Å². The van der Waals surface area contributed by atoms with Crippen LogP contribution in [0.4, 0.5) is 10.1 Å². The summed E-state index contributed by atoms with van der Waals surface area (Å²) in [7, 11) is 0. The Balaban J connectivity index is 1.52. The van der Waals surface area contributed by atoms with Crippen molar-refractivity contribution in [1.29, 1.82) is 0 Å². The van der Waals surface area contributed by atoms with Gasteiger partial charge in [-0.25, -0.2) is 4.39 Å². The fraction of sp³-hybridized carbons (Fsp3) is 0.273. The van der Waals surface area contributed by atoms with Crippen molar-refractivity contribution in [2.75, 3.05) is 18.0 Å². The van der Waals surface area contributed by atoms with E-state index < -0.39 is 0 Å². The largest absolute Gasteiger partial charge is 0.352 e. The van der Waals surface area contributed by atoms with Crippen LogP contribution in [0.1, 0.15) is 30.9 Å². The smallest absolute Gasteiger partial charge is 0.244 e. The predicted molar refractivity (Wildman–Crippen MR) is 105 cm³/mol. The average Bonchev–Trinajstić information content (AvgIpc) is 2.67. The maximum Gasteiger partial charge on any atom is 0.244 e. The van der Waals surface area contributed by atoms with Crippen molar-refractivity contribution >= 4 is 23.1 Å². The van der Waals surface area contributed by atoms with Crippen LogP contribution in [0.3, 0.4) is 0 Å². The molecule has 2 aromatic carbocycles. The third-order valence-electron chi connectivity index (χ3n) is 4.70. The second-order valence-electron chi connectivity index (χ2n) is 6.65. The maximum absolute atomic E-state index is 13.0. The number of allylic oxidation sites excluding steroid dienone is 1. The first-order valence-corrected chi connectivity index (χ1v) is 9.15. The second kappa shape index (κ2) is 8.62. The highest BCUT2D eigenvalue weighted by Crippen LogP contribution is 2.27. The molecule has 0 saturated carbocycles. The Hall–Kier alpha value is -2.95. The normalized spacial score (nSPS) is 13.9. The first-order valence-electron chi connectivity index (χ1n) is 9.15. The quantitative estimate of drug-likeness (QED) is 0.820. The molecule has 1 aliphatic rings. The van der Waals surface area contributed by atoms with E-state index in [1.54, 1.807) is 19.1 Å². The Morgan fingerprint density at radius 3 is 2.67 bits per heavy atom. The lowest BCUT2D eigenvalue weighted by atomic mass is 10.0. The molecule has 0 saturated heterocycles. The molecule has 1 N–H and O–H groups in total. The number of carbonyl (C=O) groups is 2. The summed E-state index contributed by atoms with van der Waals surface area (Å²) in [4.78, 5) is 26.4. The van der Waals surface area contributed by atoms with E-state index in [-0.39, 0.29) is 30.6 Å². The molecule has 0 spiro atoms. The van der Waals surface area contributed by atoms with E-state index in [0.29, 0.717) is 6.54 Å². The molecule has 1 aliphatic heterocycles. The number of amides is 2. The second-order valence-corrected chi connectivity index (χ2v) is 6.65. The van der Waals surface area contributed by atoms with Gasteiger partial charge >= 0.3 is 0 Å². The van der Waals surface area contributed by atoms with Gasteiger partial charge in [0, 0.05) is 31.3 Å². The molecule has 3 rings (SSSR count). The van der Waals surface area contributed by atoms with Crippen LogP contribution in [0.15, 0.2) is 54.6 Å². The molecular formula is C22H23FN2O2. The molecule has 2 amide bonds. The summed E-state index contributed by atoms with van der Waals surface area (Å²) in [5.41, 5.74) is 3.70. The number of fused-ring (bicyclic) bond motifs is 1. The summed E-state index contributed by atoms with van der Waals surface area (Å²) in [6.45, 7) is 2.79. The minimum absolute atomic E-state index is 0.0155. The molecule has 0 aromatic heterocycles. The van der Waals surface area contributed by atoms with E-state index >= 15 is 0 Å². The van der Waals surface area contributed by atoms with Crippen molar-refractivity contribution < 1.29 is 14.0 Å². The molecule has 140 valence electrons. The van der Waals surface area contributed by atoms with E-state index in [0.717, 1.165) is 29.7 Å². The number of benzene rings is 2. The summed E-state index contributed by atoms with van der Waals surface area (Å²) in [5.74, 6) is -0.556. The van der Waals surface area contributed by atoms with Crippen LogP contribution in [-0.2, 0) is 16.0 Å². The van der Waals surface area contributed by atoms with Crippen LogP contribution >= 0.6 is 0 Å². The van der Waals surface area contributed by atoms with Crippen LogP contribution in [0.2, 0.25) is 0 Å². The fourth-order valence-electron chi connectivity index (χ4n) is 3.26. The van der Waals surface area contributed by atoms with Gasteiger partial charge in [0.05, 0.1) is 0 Å². The summed E-state index contributed by atoms with van der Waals surface area (Å²) in [6, 6.07) is 13.9. The Morgan fingerprint density at radius 1 is 1.15 bits per heavy atom. The number of halogens is 1. The molecule has 2 aromatic rings. The zero-order valence-electron chi connectivity index (χ0n) is 15.4. The van der Waals surface area contributed by atoms with Gasteiger partial charge in [-0.3, -0.25) is 9.59 Å². The van der Waals surface area contributed by atoms with Gasteiger partial charge in [0.15, 0.2) is 0 Å². The monoisotopic (exact) mass is 366 g/mol. The van der Waals surface area contributed by atoms with Gasteiger partial charge in [-0.2, -0.15) is 0 Å². The van der Waals surface area contributed by atoms with E-state index in [9.17, 15) is 14.0 Å². The van der Waals surface area contributed by atoms with Gasteiger partial charge in [-0.15, -0.1) is 0 Å². The topological polar surface area (TPSA) is 49.4 Å². The lowest BCUT2D eigenvalue weighted by Gasteiger charge is -2.29. The lowest BCUT2D eigenvalue weighted by molar-refractivity contribution is -0.119. The number of hydrogen-bond acceptors (Lipinski definition) is 2. The molecule has 27 heavy (non-hydrogen) atoms. The minimum atomic E-state index is -0.311. The van der Waals surface area contributed by atoms with Crippen molar-refractivity contribution in [2.24, 2.45) is 0 Å². The van der Waals surface area contributed by atoms with Gasteiger partial charge < -0.3 is 10.2 Å². The zero-order chi connectivity index (χ0) is 19.2. The fourth-order valence-corrected chi connectivity index (χ4v) is 3.26. The van der Waals surface area contributed by atoms with Gasteiger partial charge in [0.2, 0.25) is 11.8 Å². The Morgan fingerprint density at radius 2 is 1.89 bits per heavy atom. The highest BCUT2D eigenvalue weighted by molar-refractivity contribution is 5.96. The number of rotatable bonds is 5. The highest BCUT2D eigenvalue weighted by Gasteiger charge is 2.21. The van der Waals surface area contributed by atoms with Crippen LogP contribution in [0, 0.1) is 5.82 Å². The van der Waals surface area contributed by atoms with E-state index in [2.05, 4.69) is 11.4 Å². The molecule has 0 aliphatic carbocycles. The van der Waals surface area contributed by atoms with Crippen LogP contribution < -0.4 is 10.2 Å². The summed E-state index contributed by atoms with van der Waals surface area (Å²) >= 11 is 0. The number of anilines is 1. The molecule has 0 radical (unpaired) electrons. The maximum atomic E-state index is 13.0. The SMILES string of the molecule is C/C(=C\C(=O)NCCC(=O)N1CCCc2ccccc21)c1ccc(F)cc1. The van der Waals surface area contributed by atoms with Crippen molar-refractivity contribution in [2.45, 2.75) is 26.2 Å². The minimum Gasteiger partial charge on any atom is -0.352 e. The standard InChI is InChI=1S/C22H23FN2O2/c1-16(17-8-10-19(23)11-9-17)15-21(26)24-13-12-22(27)25-14-4-6-18-5-2-3-7-20(18)25/h2-3,5,7-11,15H,4,6,12-14H2,1H3,(H,24,26)/b16-15+. The van der Waals surface area contributed by atoms with Gasteiger partial charge in [-0.05, 0) is 54.7 Å². The summed E-state index contributed by atoms with van der Waals surface area (Å²) in [6.07, 6.45) is 3.66.